The number of carbonyl (C=O) groups excluding carboxylic acids is 2. The number of hydrogen-bond acceptors (Lipinski definition) is 4. The standard InChI is InChI=1S/C30H26N2O4S/c33-25(17-22-7-3-1-4-8-22)18-26-28(34)32-27(30(35)36)24(20-37-29(26)32)14-13-21-9-11-23(12-10-21)19-31-15-5-2-6-16-31/h1-16,26,29H,17-20H2/p+1/b14-13+/t26-,29?/m1/s1. The molecular formula is C30H27N2O4S+. The maximum absolute atomic E-state index is 12.9. The van der Waals surface area contributed by atoms with Crippen LogP contribution >= 0.6 is 11.8 Å². The SMILES string of the molecule is O=C(Cc1ccccc1)C[C@@H]1C(=O)N2C(C(=O)O)=C(/C=C/c3ccc(C[n+]4ccccc4)cc3)CSC12. The second-order valence-corrected chi connectivity index (χ2v) is 10.3. The number of benzene rings is 2. The predicted octanol–water partition coefficient (Wildman–Crippen LogP) is 4.11. The molecule has 0 radical (unpaired) electrons. The van der Waals surface area contributed by atoms with Crippen LogP contribution in [-0.4, -0.2) is 38.8 Å². The van der Waals surface area contributed by atoms with Crippen LogP contribution in [0.25, 0.3) is 6.08 Å². The highest BCUT2D eigenvalue weighted by Crippen LogP contribution is 2.45. The van der Waals surface area contributed by atoms with Gasteiger partial charge in [-0.2, -0.15) is 0 Å². The second-order valence-electron chi connectivity index (χ2n) is 9.22. The fourth-order valence-corrected chi connectivity index (χ4v) is 6.11. The van der Waals surface area contributed by atoms with E-state index < -0.39 is 11.9 Å². The number of amides is 1. The third-order valence-corrected chi connectivity index (χ3v) is 7.96. The van der Waals surface area contributed by atoms with Crippen molar-refractivity contribution in [3.05, 3.63) is 119 Å². The van der Waals surface area contributed by atoms with Crippen LogP contribution in [0, 0.1) is 5.92 Å². The Hall–Kier alpha value is -3.97. The van der Waals surface area contributed by atoms with E-state index in [1.165, 1.54) is 16.7 Å². The summed E-state index contributed by atoms with van der Waals surface area (Å²) in [6, 6.07) is 23.5. The molecular weight excluding hydrogens is 484 g/mol. The van der Waals surface area contributed by atoms with E-state index >= 15 is 0 Å². The van der Waals surface area contributed by atoms with E-state index in [-0.39, 0.29) is 35.6 Å². The van der Waals surface area contributed by atoms with Crippen LogP contribution in [0.4, 0.5) is 0 Å². The van der Waals surface area contributed by atoms with Crippen molar-refractivity contribution < 1.29 is 24.1 Å². The number of aliphatic carboxylic acids is 1. The van der Waals surface area contributed by atoms with Gasteiger partial charge in [0.2, 0.25) is 5.91 Å². The summed E-state index contributed by atoms with van der Waals surface area (Å²) in [6.07, 6.45) is 8.11. The van der Waals surface area contributed by atoms with Gasteiger partial charge >= 0.3 is 5.97 Å². The maximum Gasteiger partial charge on any atom is 0.352 e. The zero-order valence-electron chi connectivity index (χ0n) is 20.2. The molecule has 1 aromatic heterocycles. The van der Waals surface area contributed by atoms with Crippen LogP contribution < -0.4 is 4.57 Å². The number of pyridine rings is 1. The monoisotopic (exact) mass is 511 g/mol. The summed E-state index contributed by atoms with van der Waals surface area (Å²) in [7, 11) is 0. The van der Waals surface area contributed by atoms with E-state index in [1.807, 2.05) is 91.3 Å². The molecule has 6 nitrogen and oxygen atoms in total. The highest BCUT2D eigenvalue weighted by molar-refractivity contribution is 8.00. The number of carbonyl (C=O) groups is 3. The van der Waals surface area contributed by atoms with Crippen molar-refractivity contribution in [2.75, 3.05) is 5.75 Å². The summed E-state index contributed by atoms with van der Waals surface area (Å²) in [4.78, 5) is 39.0. The van der Waals surface area contributed by atoms with Crippen LogP contribution in [0.3, 0.4) is 0 Å². The van der Waals surface area contributed by atoms with Gasteiger partial charge in [0, 0.05) is 36.3 Å². The number of thioether (sulfide) groups is 1. The predicted molar refractivity (Wildman–Crippen MR) is 142 cm³/mol. The molecule has 37 heavy (non-hydrogen) atoms. The average Bonchev–Trinajstić information content (AvgIpc) is 2.92. The Balaban J connectivity index is 1.25. The van der Waals surface area contributed by atoms with Crippen molar-refractivity contribution in [2.45, 2.75) is 24.8 Å². The first-order valence-electron chi connectivity index (χ1n) is 12.2. The van der Waals surface area contributed by atoms with Gasteiger partial charge in [-0.1, -0.05) is 72.8 Å². The number of fused-ring (bicyclic) bond motifs is 1. The van der Waals surface area contributed by atoms with Gasteiger partial charge < -0.3 is 5.11 Å². The van der Waals surface area contributed by atoms with Crippen LogP contribution in [0.15, 0.2) is 103 Å². The normalized spacial score (nSPS) is 19.0. The van der Waals surface area contributed by atoms with Gasteiger partial charge in [-0.05, 0) is 16.7 Å². The van der Waals surface area contributed by atoms with Gasteiger partial charge in [0.15, 0.2) is 18.9 Å². The van der Waals surface area contributed by atoms with Crippen LogP contribution in [0.1, 0.15) is 23.1 Å². The zero-order valence-corrected chi connectivity index (χ0v) is 21.0. The van der Waals surface area contributed by atoms with E-state index in [9.17, 15) is 19.5 Å². The zero-order chi connectivity index (χ0) is 25.8. The first kappa shape index (κ1) is 24.7. The minimum atomic E-state index is -1.12. The first-order chi connectivity index (χ1) is 18.0. The first-order valence-corrected chi connectivity index (χ1v) is 13.2. The van der Waals surface area contributed by atoms with Crippen LogP contribution in [0.5, 0.6) is 0 Å². The van der Waals surface area contributed by atoms with Crippen LogP contribution in [-0.2, 0) is 27.3 Å². The highest BCUT2D eigenvalue weighted by Gasteiger charge is 2.53. The fraction of sp³-hybridized carbons (Fsp3) is 0.200. The Morgan fingerprint density at radius 1 is 0.946 bits per heavy atom. The second kappa shape index (κ2) is 11.0. The molecule has 1 fully saturated rings. The molecule has 3 heterocycles. The summed E-state index contributed by atoms with van der Waals surface area (Å²) in [5.74, 6) is -1.42. The van der Waals surface area contributed by atoms with Crippen molar-refractivity contribution in [1.29, 1.82) is 0 Å². The van der Waals surface area contributed by atoms with Crippen molar-refractivity contribution in [3.63, 3.8) is 0 Å². The summed E-state index contributed by atoms with van der Waals surface area (Å²) in [5.41, 5.74) is 3.64. The lowest BCUT2D eigenvalue weighted by atomic mass is 9.89. The largest absolute Gasteiger partial charge is 0.477 e. The minimum Gasteiger partial charge on any atom is -0.477 e. The molecule has 0 saturated carbocycles. The molecule has 0 aliphatic carbocycles. The number of carboxylic acids is 1. The Morgan fingerprint density at radius 2 is 1.65 bits per heavy atom. The minimum absolute atomic E-state index is 0.00883. The van der Waals surface area contributed by atoms with E-state index in [0.29, 0.717) is 11.3 Å². The molecule has 1 saturated heterocycles. The molecule has 7 heteroatoms. The Morgan fingerprint density at radius 3 is 2.35 bits per heavy atom. The summed E-state index contributed by atoms with van der Waals surface area (Å²) >= 11 is 1.52. The Kier molecular flexibility index (Phi) is 7.32. The molecule has 1 amide bonds. The average molecular weight is 512 g/mol. The molecule has 1 N–H and O–H groups in total. The quantitative estimate of drug-likeness (QED) is 0.346. The fourth-order valence-electron chi connectivity index (χ4n) is 4.73. The van der Waals surface area contributed by atoms with E-state index in [2.05, 4.69) is 4.57 Å². The van der Waals surface area contributed by atoms with E-state index in [4.69, 9.17) is 0 Å². The number of β-lactam (4-membered cyclic amide) rings is 1. The summed E-state index contributed by atoms with van der Waals surface area (Å²) in [6.45, 7) is 0.767. The van der Waals surface area contributed by atoms with Gasteiger partial charge in [-0.3, -0.25) is 14.5 Å². The Bertz CT molecular complexity index is 1370. The number of allylic oxidation sites excluding steroid dienone is 1. The third kappa shape index (κ3) is 5.57. The van der Waals surface area contributed by atoms with Crippen LogP contribution in [0.2, 0.25) is 0 Å². The number of hydrogen-bond donors (Lipinski definition) is 1. The molecule has 3 aromatic rings. The van der Waals surface area contributed by atoms with Crippen molar-refractivity contribution in [3.8, 4) is 0 Å². The molecule has 0 bridgehead atoms. The maximum atomic E-state index is 12.9. The lowest BCUT2D eigenvalue weighted by Gasteiger charge is -2.49. The van der Waals surface area contributed by atoms with Gasteiger partial charge in [0.05, 0.1) is 11.3 Å². The van der Waals surface area contributed by atoms with Gasteiger partial charge in [-0.15, -0.1) is 11.8 Å². The number of aromatic nitrogens is 1. The van der Waals surface area contributed by atoms with Crippen molar-refractivity contribution >= 4 is 35.5 Å². The molecule has 2 aliphatic heterocycles. The molecule has 186 valence electrons. The summed E-state index contributed by atoms with van der Waals surface area (Å²) in [5, 5.41) is 9.61. The molecule has 2 atom stereocenters. The van der Waals surface area contributed by atoms with Crippen molar-refractivity contribution in [1.82, 2.24) is 4.90 Å². The lowest BCUT2D eigenvalue weighted by molar-refractivity contribution is -0.688. The van der Waals surface area contributed by atoms with Gasteiger partial charge in [0.25, 0.3) is 0 Å². The third-order valence-electron chi connectivity index (χ3n) is 6.60. The molecule has 2 aromatic carbocycles. The number of Topliss-reactive ketones (excluding diaryl/α,β-unsaturated/α-hetero) is 1. The number of ketones is 1. The van der Waals surface area contributed by atoms with Gasteiger partial charge in [0.1, 0.15) is 11.5 Å². The molecule has 1 unspecified atom stereocenters. The smallest absolute Gasteiger partial charge is 0.352 e. The van der Waals surface area contributed by atoms with E-state index in [1.54, 1.807) is 6.08 Å². The lowest BCUT2D eigenvalue weighted by Crippen LogP contribution is -2.61. The molecule has 0 spiro atoms. The molecule has 2 aliphatic rings. The van der Waals surface area contributed by atoms with Crippen molar-refractivity contribution in [2.24, 2.45) is 5.92 Å². The van der Waals surface area contributed by atoms with Gasteiger partial charge in [-0.25, -0.2) is 9.36 Å². The molecule has 5 rings (SSSR count). The van der Waals surface area contributed by atoms with E-state index in [0.717, 1.165) is 23.2 Å². The topological polar surface area (TPSA) is 78.6 Å². The number of carboxylic acid groups (broad SMARTS) is 1. The number of nitrogens with zero attached hydrogens (tertiary/aromatic N) is 2. The highest BCUT2D eigenvalue weighted by atomic mass is 32.2. The summed E-state index contributed by atoms with van der Waals surface area (Å²) < 4.78 is 2.09. The Labute approximate surface area is 219 Å². The number of rotatable bonds is 9.